The molecule has 0 saturated heterocycles. The first-order valence-corrected chi connectivity index (χ1v) is 5.56. The fourth-order valence-corrected chi connectivity index (χ4v) is 1.99. The van der Waals surface area contributed by atoms with E-state index in [1.807, 2.05) is 12.1 Å². The molecule has 0 fully saturated rings. The second-order valence-corrected chi connectivity index (χ2v) is 3.79. The van der Waals surface area contributed by atoms with Gasteiger partial charge < -0.3 is 9.64 Å². The van der Waals surface area contributed by atoms with Crippen LogP contribution in [0.1, 0.15) is 0 Å². The lowest BCUT2D eigenvalue weighted by Crippen LogP contribution is -2.33. The summed E-state index contributed by atoms with van der Waals surface area (Å²) in [6.45, 7) is 2.83. The van der Waals surface area contributed by atoms with Crippen molar-refractivity contribution in [2.24, 2.45) is 0 Å². The molecule has 1 heterocycles. The summed E-state index contributed by atoms with van der Waals surface area (Å²) in [5.41, 5.74) is 1.22. The molecule has 1 aromatic rings. The Kier molecular flexibility index (Phi) is 4.75. The van der Waals surface area contributed by atoms with Gasteiger partial charge in [-0.3, -0.25) is 0 Å². The van der Waals surface area contributed by atoms with Crippen LogP contribution in [0.25, 0.3) is 0 Å². The molecule has 0 aromatic heterocycles. The first-order valence-electron chi connectivity index (χ1n) is 4.44. The van der Waals surface area contributed by atoms with Crippen LogP contribution in [0.4, 0.5) is 5.69 Å². The maximum atomic E-state index is 5.54. The van der Waals surface area contributed by atoms with Crippen molar-refractivity contribution in [3.8, 4) is 5.75 Å². The normalized spacial score (nSPS) is 13.9. The zero-order valence-corrected chi connectivity index (χ0v) is 11.1. The van der Waals surface area contributed by atoms with Gasteiger partial charge in [-0.15, -0.1) is 17.0 Å². The highest BCUT2D eigenvalue weighted by Crippen LogP contribution is 2.30. The van der Waals surface area contributed by atoms with Gasteiger partial charge >= 0.3 is 0 Å². The van der Waals surface area contributed by atoms with E-state index in [4.69, 9.17) is 4.74 Å². The van der Waals surface area contributed by atoms with E-state index in [1.165, 1.54) is 5.69 Å². The molecule has 0 N–H and O–H groups in total. The summed E-state index contributed by atoms with van der Waals surface area (Å²) in [6.07, 6.45) is 0. The number of fused-ring (bicyclic) bond motifs is 1. The molecule has 0 unspecified atom stereocenters. The smallest absolute Gasteiger partial charge is 0.142 e. The summed E-state index contributed by atoms with van der Waals surface area (Å²) in [7, 11) is 0. The number of benzene rings is 1. The summed E-state index contributed by atoms with van der Waals surface area (Å²) in [6, 6.07) is 8.19. The lowest BCUT2D eigenvalue weighted by atomic mass is 10.2. The van der Waals surface area contributed by atoms with Gasteiger partial charge in [-0.25, -0.2) is 0 Å². The van der Waals surface area contributed by atoms with Crippen LogP contribution in [-0.2, 0) is 0 Å². The van der Waals surface area contributed by atoms with E-state index in [2.05, 4.69) is 33.0 Å². The first-order chi connectivity index (χ1) is 6.42. The third kappa shape index (κ3) is 2.42. The molecule has 0 saturated carbocycles. The van der Waals surface area contributed by atoms with E-state index in [9.17, 15) is 0 Å². The third-order valence-corrected chi connectivity index (χ3v) is 2.53. The quantitative estimate of drug-likeness (QED) is 0.776. The van der Waals surface area contributed by atoms with Crippen LogP contribution in [0, 0.1) is 0 Å². The molecule has 0 radical (unpaired) electrons. The molecule has 0 atom stereocenters. The van der Waals surface area contributed by atoms with Crippen molar-refractivity contribution < 1.29 is 4.74 Å². The van der Waals surface area contributed by atoms with Crippen LogP contribution in [-0.4, -0.2) is 25.0 Å². The van der Waals surface area contributed by atoms with Gasteiger partial charge in [0.05, 0.1) is 12.2 Å². The number of hydrogen-bond acceptors (Lipinski definition) is 2. The second-order valence-electron chi connectivity index (χ2n) is 2.99. The Morgan fingerprint density at radius 3 is 2.93 bits per heavy atom. The predicted octanol–water partition coefficient (Wildman–Crippen LogP) is 2.86. The second kappa shape index (κ2) is 5.61. The van der Waals surface area contributed by atoms with Gasteiger partial charge in [-0.05, 0) is 12.1 Å². The maximum Gasteiger partial charge on any atom is 0.142 e. The minimum Gasteiger partial charge on any atom is -0.490 e. The molecule has 2 rings (SSSR count). The molecular formula is C10H13Br2NO. The summed E-state index contributed by atoms with van der Waals surface area (Å²) < 4.78 is 5.54. The van der Waals surface area contributed by atoms with Crippen LogP contribution >= 0.6 is 32.9 Å². The van der Waals surface area contributed by atoms with Crippen LogP contribution in [0.2, 0.25) is 0 Å². The van der Waals surface area contributed by atoms with Crippen molar-refractivity contribution in [2.75, 3.05) is 29.9 Å². The SMILES string of the molecule is Br.BrCCN1CCOc2ccccc21. The van der Waals surface area contributed by atoms with Crippen molar-refractivity contribution >= 4 is 38.6 Å². The van der Waals surface area contributed by atoms with E-state index in [-0.39, 0.29) is 17.0 Å². The molecule has 14 heavy (non-hydrogen) atoms. The number of rotatable bonds is 2. The molecule has 78 valence electrons. The van der Waals surface area contributed by atoms with Gasteiger partial charge in [0.2, 0.25) is 0 Å². The standard InChI is InChI=1S/C10H12BrNO.BrH/c11-5-6-12-7-8-13-10-4-2-1-3-9(10)12;/h1-4H,5-8H2;1H. The van der Waals surface area contributed by atoms with Crippen LogP contribution < -0.4 is 9.64 Å². The van der Waals surface area contributed by atoms with E-state index in [0.717, 1.165) is 30.8 Å². The monoisotopic (exact) mass is 321 g/mol. The number of anilines is 1. The van der Waals surface area contributed by atoms with Gasteiger partial charge in [0, 0.05) is 11.9 Å². The highest BCUT2D eigenvalue weighted by atomic mass is 79.9. The molecule has 0 aliphatic carbocycles. The number of hydrogen-bond donors (Lipinski definition) is 0. The minimum absolute atomic E-state index is 0. The number of ether oxygens (including phenoxy) is 1. The Morgan fingerprint density at radius 2 is 2.14 bits per heavy atom. The number of halogens is 2. The molecule has 1 aliphatic rings. The minimum atomic E-state index is 0. The van der Waals surface area contributed by atoms with Crippen molar-refractivity contribution in [2.45, 2.75) is 0 Å². The number of alkyl halides is 1. The Balaban J connectivity index is 0.000000980. The summed E-state index contributed by atoms with van der Waals surface area (Å²) in [5, 5.41) is 1.00. The molecule has 0 bridgehead atoms. The highest BCUT2D eigenvalue weighted by molar-refractivity contribution is 9.09. The topological polar surface area (TPSA) is 12.5 Å². The fraction of sp³-hybridized carbons (Fsp3) is 0.400. The maximum absolute atomic E-state index is 5.54. The van der Waals surface area contributed by atoms with E-state index >= 15 is 0 Å². The van der Waals surface area contributed by atoms with E-state index in [1.54, 1.807) is 0 Å². The van der Waals surface area contributed by atoms with Gasteiger partial charge in [0.25, 0.3) is 0 Å². The molecule has 0 amide bonds. The van der Waals surface area contributed by atoms with Gasteiger partial charge in [0.1, 0.15) is 12.4 Å². The van der Waals surface area contributed by atoms with Crippen molar-refractivity contribution in [1.29, 1.82) is 0 Å². The van der Waals surface area contributed by atoms with Crippen LogP contribution in [0.15, 0.2) is 24.3 Å². The van der Waals surface area contributed by atoms with Crippen LogP contribution in [0.5, 0.6) is 5.75 Å². The molecular weight excluding hydrogens is 310 g/mol. The summed E-state index contributed by atoms with van der Waals surface area (Å²) >= 11 is 3.45. The zero-order valence-electron chi connectivity index (χ0n) is 7.78. The van der Waals surface area contributed by atoms with Crippen LogP contribution in [0.3, 0.4) is 0 Å². The average Bonchev–Trinajstić information content (AvgIpc) is 2.19. The van der Waals surface area contributed by atoms with Gasteiger partial charge in [-0.2, -0.15) is 0 Å². The largest absolute Gasteiger partial charge is 0.490 e. The highest BCUT2D eigenvalue weighted by Gasteiger charge is 2.15. The van der Waals surface area contributed by atoms with E-state index in [0.29, 0.717) is 0 Å². The summed E-state index contributed by atoms with van der Waals surface area (Å²) in [4.78, 5) is 2.34. The Bertz CT molecular complexity index is 293. The average molecular weight is 323 g/mol. The van der Waals surface area contributed by atoms with Crippen molar-refractivity contribution in [3.05, 3.63) is 24.3 Å². The Labute approximate surface area is 103 Å². The third-order valence-electron chi connectivity index (χ3n) is 2.18. The fourth-order valence-electron chi connectivity index (χ4n) is 1.56. The number of para-hydroxylation sites is 2. The Hall–Kier alpha value is -0.220. The van der Waals surface area contributed by atoms with E-state index < -0.39 is 0 Å². The first kappa shape index (κ1) is 11.9. The molecule has 2 nitrogen and oxygen atoms in total. The zero-order chi connectivity index (χ0) is 9.10. The molecule has 1 aromatic carbocycles. The van der Waals surface area contributed by atoms with Crippen molar-refractivity contribution in [1.82, 2.24) is 0 Å². The lowest BCUT2D eigenvalue weighted by molar-refractivity contribution is 0.308. The molecule has 1 aliphatic heterocycles. The number of nitrogens with zero attached hydrogens (tertiary/aromatic N) is 1. The van der Waals surface area contributed by atoms with Gasteiger partial charge in [-0.1, -0.05) is 28.1 Å². The predicted molar refractivity (Wildman–Crippen MR) is 68.3 cm³/mol. The molecule has 0 spiro atoms. The molecule has 4 heteroatoms. The van der Waals surface area contributed by atoms with Gasteiger partial charge in [0.15, 0.2) is 0 Å². The summed E-state index contributed by atoms with van der Waals surface area (Å²) in [5.74, 6) is 1.01. The Morgan fingerprint density at radius 1 is 1.36 bits per heavy atom. The lowest BCUT2D eigenvalue weighted by Gasteiger charge is -2.30. The van der Waals surface area contributed by atoms with Crippen molar-refractivity contribution in [3.63, 3.8) is 0 Å².